The number of rotatable bonds is 1. The number of nitrogens with zero attached hydrogens (tertiary/aromatic N) is 4. The van der Waals surface area contributed by atoms with Gasteiger partial charge in [-0.05, 0) is 6.92 Å². The van der Waals surface area contributed by atoms with Gasteiger partial charge in [-0.2, -0.15) is 8.42 Å². The predicted octanol–water partition coefficient (Wildman–Crippen LogP) is -1.13. The molecule has 16 heavy (non-hydrogen) atoms. The average Bonchev–Trinajstić information content (AvgIpc) is 2.15. The maximum atomic E-state index is 9.56. The highest BCUT2D eigenvalue weighted by Gasteiger charge is 2.36. The van der Waals surface area contributed by atoms with E-state index in [1.54, 1.807) is 0 Å². The third kappa shape index (κ3) is 3.12. The fourth-order valence-electron chi connectivity index (χ4n) is 2.23. The highest BCUT2D eigenvalue weighted by molar-refractivity contribution is 7.85. The molecule has 4 aliphatic rings. The smallest absolute Gasteiger partial charge is 0.264 e. The molecule has 4 bridgehead atoms. The molecule has 7 nitrogen and oxygen atoms in total. The highest BCUT2D eigenvalue weighted by Crippen LogP contribution is 2.20. The summed E-state index contributed by atoms with van der Waals surface area (Å²) in [6.45, 7) is 8.50. The lowest BCUT2D eigenvalue weighted by atomic mass is 10.4. The van der Waals surface area contributed by atoms with Gasteiger partial charge in [0.25, 0.3) is 10.1 Å². The Morgan fingerprint density at radius 2 is 1.06 bits per heavy atom. The number of hydrogen-bond acceptors (Lipinski definition) is 6. The van der Waals surface area contributed by atoms with Gasteiger partial charge in [-0.1, -0.05) is 0 Å². The Kier molecular flexibility index (Phi) is 3.48. The SMILES string of the molecule is C1N2CN3CN1CN(C2)C3.CCS(=O)(=O)O. The lowest BCUT2D eigenvalue weighted by molar-refractivity contribution is -0.194. The lowest BCUT2D eigenvalue weighted by Crippen LogP contribution is -2.71. The first-order chi connectivity index (χ1) is 7.46. The van der Waals surface area contributed by atoms with Crippen LogP contribution < -0.4 is 0 Å². The van der Waals surface area contributed by atoms with Gasteiger partial charge in [-0.15, -0.1) is 0 Å². The minimum Gasteiger partial charge on any atom is -0.286 e. The Bertz CT molecular complexity index is 289. The molecule has 0 amide bonds. The van der Waals surface area contributed by atoms with E-state index in [0.29, 0.717) is 0 Å². The van der Waals surface area contributed by atoms with Gasteiger partial charge in [0.15, 0.2) is 0 Å². The van der Waals surface area contributed by atoms with Crippen molar-refractivity contribution in [3.8, 4) is 0 Å². The molecule has 1 N–H and O–H groups in total. The summed E-state index contributed by atoms with van der Waals surface area (Å²) in [5.74, 6) is -0.201. The Hall–Kier alpha value is -0.250. The van der Waals surface area contributed by atoms with Crippen LogP contribution in [0.2, 0.25) is 0 Å². The van der Waals surface area contributed by atoms with Gasteiger partial charge in [0.1, 0.15) is 0 Å². The summed E-state index contributed by atoms with van der Waals surface area (Å²) in [4.78, 5) is 9.88. The van der Waals surface area contributed by atoms with E-state index in [1.807, 2.05) is 0 Å². The van der Waals surface area contributed by atoms with Crippen molar-refractivity contribution < 1.29 is 13.0 Å². The maximum absolute atomic E-state index is 9.56. The fourth-order valence-corrected chi connectivity index (χ4v) is 2.23. The summed E-state index contributed by atoms with van der Waals surface area (Å²) >= 11 is 0. The van der Waals surface area contributed by atoms with Crippen molar-refractivity contribution in [2.24, 2.45) is 0 Å². The Morgan fingerprint density at radius 1 is 0.875 bits per heavy atom. The molecule has 0 aromatic carbocycles. The Morgan fingerprint density at radius 3 is 1.19 bits per heavy atom. The van der Waals surface area contributed by atoms with Crippen LogP contribution in [0.15, 0.2) is 0 Å². The monoisotopic (exact) mass is 250 g/mol. The van der Waals surface area contributed by atoms with Gasteiger partial charge in [-0.3, -0.25) is 24.2 Å². The topological polar surface area (TPSA) is 67.3 Å². The van der Waals surface area contributed by atoms with Crippen molar-refractivity contribution in [1.29, 1.82) is 0 Å². The molecular weight excluding hydrogens is 232 g/mol. The van der Waals surface area contributed by atoms with E-state index < -0.39 is 10.1 Å². The largest absolute Gasteiger partial charge is 0.286 e. The first-order valence-corrected chi connectivity index (χ1v) is 6.92. The molecular formula is C8H18N4O3S. The van der Waals surface area contributed by atoms with Crippen molar-refractivity contribution in [2.45, 2.75) is 6.92 Å². The molecule has 0 radical (unpaired) electrons. The van der Waals surface area contributed by atoms with Gasteiger partial charge < -0.3 is 0 Å². The first-order valence-electron chi connectivity index (χ1n) is 5.31. The molecule has 0 atom stereocenters. The molecule has 0 aliphatic carbocycles. The fraction of sp³-hybridized carbons (Fsp3) is 1.00. The van der Waals surface area contributed by atoms with Crippen LogP contribution in [0.1, 0.15) is 6.92 Å². The summed E-state index contributed by atoms with van der Waals surface area (Å²) < 4.78 is 26.9. The zero-order chi connectivity index (χ0) is 11.8. The van der Waals surface area contributed by atoms with Gasteiger partial charge in [0, 0.05) is 0 Å². The minimum absolute atomic E-state index is 0.201. The Balaban J connectivity index is 0.000000142. The van der Waals surface area contributed by atoms with Crippen LogP contribution in [0.5, 0.6) is 0 Å². The van der Waals surface area contributed by atoms with Gasteiger partial charge in [0.2, 0.25) is 0 Å². The molecule has 0 spiro atoms. The lowest BCUT2D eigenvalue weighted by Gasteiger charge is -2.56. The zero-order valence-electron chi connectivity index (χ0n) is 9.41. The van der Waals surface area contributed by atoms with E-state index in [-0.39, 0.29) is 5.75 Å². The van der Waals surface area contributed by atoms with Gasteiger partial charge in [0.05, 0.1) is 45.8 Å². The van der Waals surface area contributed by atoms with Crippen LogP contribution in [0.4, 0.5) is 0 Å². The van der Waals surface area contributed by atoms with Crippen LogP contribution in [0, 0.1) is 0 Å². The zero-order valence-corrected chi connectivity index (χ0v) is 10.2. The number of hydrogen-bond donors (Lipinski definition) is 1. The molecule has 4 saturated heterocycles. The second-order valence-electron chi connectivity index (χ2n) is 4.40. The van der Waals surface area contributed by atoms with Crippen LogP contribution in [0.3, 0.4) is 0 Å². The third-order valence-corrected chi connectivity index (χ3v) is 3.49. The molecule has 0 aromatic heterocycles. The molecule has 0 aromatic rings. The molecule has 4 rings (SSSR count). The van der Waals surface area contributed by atoms with Crippen LogP contribution in [0.25, 0.3) is 0 Å². The van der Waals surface area contributed by atoms with Crippen LogP contribution in [-0.4, -0.2) is 78.3 Å². The molecule has 0 unspecified atom stereocenters. The summed E-state index contributed by atoms with van der Waals surface area (Å²) in [6, 6.07) is 0. The van der Waals surface area contributed by atoms with Crippen LogP contribution in [-0.2, 0) is 10.1 Å². The van der Waals surface area contributed by atoms with E-state index in [2.05, 4.69) is 19.6 Å². The van der Waals surface area contributed by atoms with E-state index in [0.717, 1.165) is 0 Å². The average molecular weight is 250 g/mol. The summed E-state index contributed by atoms with van der Waals surface area (Å²) in [5.41, 5.74) is 0. The normalized spacial score (nSPS) is 40.4. The molecule has 94 valence electrons. The third-order valence-electron chi connectivity index (χ3n) is 2.76. The molecule has 4 aliphatic heterocycles. The van der Waals surface area contributed by atoms with Crippen molar-refractivity contribution in [3.05, 3.63) is 0 Å². The summed E-state index contributed by atoms with van der Waals surface area (Å²) in [5, 5.41) is 0. The van der Waals surface area contributed by atoms with Crippen molar-refractivity contribution >= 4 is 10.1 Å². The standard InChI is InChI=1S/C6H12N4.C2H6O3S/c1-7-2-9-4-8(1)5-10(3-7)6-9;1-2-6(3,4)5/h1-6H2;2H2,1H3,(H,3,4,5). The van der Waals surface area contributed by atoms with Crippen LogP contribution >= 0.6 is 0 Å². The van der Waals surface area contributed by atoms with Gasteiger partial charge in [-0.25, -0.2) is 0 Å². The highest BCUT2D eigenvalue weighted by atomic mass is 32.2. The Labute approximate surface area is 96.0 Å². The second-order valence-corrected chi connectivity index (χ2v) is 6.14. The molecule has 0 saturated carbocycles. The van der Waals surface area contributed by atoms with Gasteiger partial charge >= 0.3 is 0 Å². The predicted molar refractivity (Wildman–Crippen MR) is 58.6 cm³/mol. The first kappa shape index (κ1) is 12.2. The van der Waals surface area contributed by atoms with E-state index >= 15 is 0 Å². The summed E-state index contributed by atoms with van der Waals surface area (Å²) in [6.07, 6.45) is 0. The van der Waals surface area contributed by atoms with Crippen molar-refractivity contribution in [3.63, 3.8) is 0 Å². The minimum atomic E-state index is -3.66. The van der Waals surface area contributed by atoms with E-state index in [1.165, 1.54) is 46.9 Å². The molecule has 4 heterocycles. The van der Waals surface area contributed by atoms with Crippen molar-refractivity contribution in [2.75, 3.05) is 45.8 Å². The molecule has 8 heteroatoms. The quantitative estimate of drug-likeness (QED) is 0.591. The second kappa shape index (κ2) is 4.55. The molecule has 4 fully saturated rings. The van der Waals surface area contributed by atoms with E-state index in [4.69, 9.17) is 4.55 Å². The van der Waals surface area contributed by atoms with E-state index in [9.17, 15) is 8.42 Å². The maximum Gasteiger partial charge on any atom is 0.264 e. The van der Waals surface area contributed by atoms with Crippen molar-refractivity contribution in [1.82, 2.24) is 19.6 Å². The summed E-state index contributed by atoms with van der Waals surface area (Å²) in [7, 11) is -3.66.